The van der Waals surface area contributed by atoms with Crippen molar-refractivity contribution < 1.29 is 8.42 Å². The average molecular weight is 257 g/mol. The Kier molecular flexibility index (Phi) is 4.09. The lowest BCUT2D eigenvalue weighted by atomic mass is 10.3. The molecule has 0 saturated heterocycles. The number of nitrogens with two attached hydrogens (primary N) is 1. The molecule has 1 heterocycles. The van der Waals surface area contributed by atoms with E-state index in [0.717, 1.165) is 0 Å². The molecule has 0 amide bonds. The number of rotatable bonds is 5. The van der Waals surface area contributed by atoms with Gasteiger partial charge in [-0.2, -0.15) is 14.7 Å². The molecule has 94 valence electrons. The number of aromatic amines is 1. The van der Waals surface area contributed by atoms with Crippen molar-refractivity contribution in [2.24, 2.45) is 0 Å². The maximum Gasteiger partial charge on any atom is 0.248 e. The second-order valence-electron chi connectivity index (χ2n) is 3.77. The number of aromatic nitrogens is 2. The van der Waals surface area contributed by atoms with Gasteiger partial charge in [0.2, 0.25) is 10.0 Å². The Labute approximate surface area is 100 Å². The molecule has 0 aliphatic rings. The summed E-state index contributed by atoms with van der Waals surface area (Å²) in [5.74, 6) is 0.00704. The molecule has 8 heteroatoms. The number of anilines is 1. The second kappa shape index (κ2) is 5.16. The summed E-state index contributed by atoms with van der Waals surface area (Å²) in [5.41, 5.74) is 5.50. The van der Waals surface area contributed by atoms with E-state index in [-0.39, 0.29) is 29.7 Å². The Bertz CT molecular complexity index is 514. The molecule has 7 nitrogen and oxygen atoms in total. The number of nitrogens with zero attached hydrogens (tertiary/aromatic N) is 3. The first-order valence-corrected chi connectivity index (χ1v) is 6.53. The Balaban J connectivity index is 3.10. The highest BCUT2D eigenvalue weighted by Gasteiger charge is 2.29. The molecule has 3 N–H and O–H groups in total. The number of nitrogens with one attached hydrogen (secondary N) is 1. The summed E-state index contributed by atoms with van der Waals surface area (Å²) < 4.78 is 25.7. The summed E-state index contributed by atoms with van der Waals surface area (Å²) in [4.78, 5) is -0.0517. The van der Waals surface area contributed by atoms with E-state index in [9.17, 15) is 8.42 Å². The van der Waals surface area contributed by atoms with Crippen LogP contribution in [0.15, 0.2) is 11.1 Å². The zero-order chi connectivity index (χ0) is 13.1. The molecule has 0 radical (unpaired) electrons. The minimum absolute atomic E-state index is 0.00704. The lowest BCUT2D eigenvalue weighted by Gasteiger charge is -2.24. The number of sulfonamides is 1. The molecule has 0 saturated carbocycles. The standard InChI is InChI=1S/C9H15N5O2S/c1-7(2)14(5-3-4-10)17(15,16)8-6-12-13-9(8)11/h6-7H,3,5H2,1-2H3,(H3,11,12,13). The van der Waals surface area contributed by atoms with E-state index in [1.165, 1.54) is 10.5 Å². The lowest BCUT2D eigenvalue weighted by molar-refractivity contribution is 0.360. The van der Waals surface area contributed by atoms with Gasteiger partial charge in [-0.1, -0.05) is 0 Å². The third-order valence-corrected chi connectivity index (χ3v) is 4.34. The van der Waals surface area contributed by atoms with Crippen LogP contribution in [0.5, 0.6) is 0 Å². The Morgan fingerprint density at radius 1 is 1.65 bits per heavy atom. The summed E-state index contributed by atoms with van der Waals surface area (Å²) in [5, 5.41) is 14.5. The molecule has 1 aromatic heterocycles. The fourth-order valence-electron chi connectivity index (χ4n) is 1.43. The Morgan fingerprint density at radius 3 is 2.71 bits per heavy atom. The first kappa shape index (κ1) is 13.5. The average Bonchev–Trinajstić information content (AvgIpc) is 2.64. The predicted molar refractivity (Wildman–Crippen MR) is 62.3 cm³/mol. The number of H-pyrrole nitrogens is 1. The smallest absolute Gasteiger partial charge is 0.248 e. The fraction of sp³-hybridized carbons (Fsp3) is 0.556. The highest BCUT2D eigenvalue weighted by Crippen LogP contribution is 2.21. The van der Waals surface area contributed by atoms with Gasteiger partial charge in [-0.3, -0.25) is 5.10 Å². The van der Waals surface area contributed by atoms with E-state index < -0.39 is 10.0 Å². The minimum atomic E-state index is -3.70. The number of nitriles is 1. The zero-order valence-electron chi connectivity index (χ0n) is 9.71. The van der Waals surface area contributed by atoms with E-state index in [1.54, 1.807) is 13.8 Å². The van der Waals surface area contributed by atoms with E-state index in [1.807, 2.05) is 6.07 Å². The van der Waals surface area contributed by atoms with Crippen molar-refractivity contribution in [1.29, 1.82) is 5.26 Å². The molecular formula is C9H15N5O2S. The van der Waals surface area contributed by atoms with Gasteiger partial charge in [-0.15, -0.1) is 0 Å². The molecule has 0 atom stereocenters. The quantitative estimate of drug-likeness (QED) is 0.787. The fourth-order valence-corrected chi connectivity index (χ4v) is 3.08. The summed E-state index contributed by atoms with van der Waals surface area (Å²) in [6.07, 6.45) is 1.31. The monoisotopic (exact) mass is 257 g/mol. The van der Waals surface area contributed by atoms with Crippen molar-refractivity contribution in [3.63, 3.8) is 0 Å². The van der Waals surface area contributed by atoms with E-state index in [2.05, 4.69) is 10.2 Å². The van der Waals surface area contributed by atoms with Crippen LogP contribution >= 0.6 is 0 Å². The molecule has 0 aromatic carbocycles. The molecule has 0 aliphatic heterocycles. The van der Waals surface area contributed by atoms with Gasteiger partial charge in [0, 0.05) is 19.0 Å². The van der Waals surface area contributed by atoms with Crippen LogP contribution in [0.1, 0.15) is 20.3 Å². The molecule has 0 unspecified atom stereocenters. The van der Waals surface area contributed by atoms with Crippen molar-refractivity contribution in [2.45, 2.75) is 31.2 Å². The van der Waals surface area contributed by atoms with Crippen LogP contribution in [0.4, 0.5) is 5.82 Å². The molecule has 1 aromatic rings. The maximum absolute atomic E-state index is 12.2. The lowest BCUT2D eigenvalue weighted by Crippen LogP contribution is -2.37. The second-order valence-corrected chi connectivity index (χ2v) is 5.62. The third kappa shape index (κ3) is 2.75. The molecule has 0 bridgehead atoms. The number of hydrogen-bond donors (Lipinski definition) is 2. The topological polar surface area (TPSA) is 116 Å². The SMILES string of the molecule is CC(C)N(CCC#N)S(=O)(=O)c1cn[nH]c1N. The predicted octanol–water partition coefficient (Wildman–Crippen LogP) is 0.305. The first-order chi connectivity index (χ1) is 7.91. The Morgan fingerprint density at radius 2 is 2.29 bits per heavy atom. The van der Waals surface area contributed by atoms with Gasteiger partial charge in [0.1, 0.15) is 10.7 Å². The summed E-state index contributed by atoms with van der Waals surface area (Å²) in [6.45, 7) is 3.62. The van der Waals surface area contributed by atoms with Gasteiger partial charge in [0.05, 0.1) is 12.3 Å². The van der Waals surface area contributed by atoms with Crippen molar-refractivity contribution >= 4 is 15.8 Å². The molecular weight excluding hydrogens is 242 g/mol. The largest absolute Gasteiger partial charge is 0.383 e. The zero-order valence-corrected chi connectivity index (χ0v) is 10.5. The third-order valence-electron chi connectivity index (χ3n) is 2.24. The van der Waals surface area contributed by atoms with E-state index in [0.29, 0.717) is 0 Å². The van der Waals surface area contributed by atoms with Crippen LogP contribution in [0.2, 0.25) is 0 Å². The first-order valence-electron chi connectivity index (χ1n) is 5.09. The molecule has 1 rings (SSSR count). The van der Waals surface area contributed by atoms with Crippen LogP contribution in [-0.2, 0) is 10.0 Å². The van der Waals surface area contributed by atoms with Gasteiger partial charge in [0.15, 0.2) is 0 Å². The summed E-state index contributed by atoms with van der Waals surface area (Å²) >= 11 is 0. The van der Waals surface area contributed by atoms with Gasteiger partial charge in [-0.05, 0) is 13.8 Å². The van der Waals surface area contributed by atoms with Gasteiger partial charge < -0.3 is 5.73 Å². The van der Waals surface area contributed by atoms with Gasteiger partial charge in [0.25, 0.3) is 0 Å². The van der Waals surface area contributed by atoms with E-state index >= 15 is 0 Å². The minimum Gasteiger partial charge on any atom is -0.383 e. The van der Waals surface area contributed by atoms with Gasteiger partial charge in [-0.25, -0.2) is 8.42 Å². The number of hydrogen-bond acceptors (Lipinski definition) is 5. The van der Waals surface area contributed by atoms with E-state index in [4.69, 9.17) is 11.0 Å². The van der Waals surface area contributed by atoms with Gasteiger partial charge >= 0.3 is 0 Å². The Hall–Kier alpha value is -1.59. The van der Waals surface area contributed by atoms with Crippen LogP contribution in [0, 0.1) is 11.3 Å². The van der Waals surface area contributed by atoms with Crippen molar-refractivity contribution in [1.82, 2.24) is 14.5 Å². The van der Waals surface area contributed by atoms with Crippen LogP contribution in [-0.4, -0.2) is 35.5 Å². The van der Waals surface area contributed by atoms with Crippen LogP contribution in [0.3, 0.4) is 0 Å². The maximum atomic E-state index is 12.2. The van der Waals surface area contributed by atoms with Crippen molar-refractivity contribution in [3.05, 3.63) is 6.20 Å². The molecule has 17 heavy (non-hydrogen) atoms. The number of nitrogen functional groups attached to an aromatic ring is 1. The van der Waals surface area contributed by atoms with Crippen LogP contribution in [0.25, 0.3) is 0 Å². The van der Waals surface area contributed by atoms with Crippen molar-refractivity contribution in [2.75, 3.05) is 12.3 Å². The summed E-state index contributed by atoms with van der Waals surface area (Å²) in [7, 11) is -3.70. The molecule has 0 spiro atoms. The highest BCUT2D eigenvalue weighted by atomic mass is 32.2. The highest BCUT2D eigenvalue weighted by molar-refractivity contribution is 7.89. The van der Waals surface area contributed by atoms with Crippen LogP contribution < -0.4 is 5.73 Å². The summed E-state index contributed by atoms with van der Waals surface area (Å²) in [6, 6.07) is 1.68. The normalized spacial score (nSPS) is 11.9. The molecule has 0 fully saturated rings. The molecule has 0 aliphatic carbocycles. The van der Waals surface area contributed by atoms with Crippen molar-refractivity contribution in [3.8, 4) is 6.07 Å².